The monoisotopic (exact) mass is 410 g/mol. The predicted octanol–water partition coefficient (Wildman–Crippen LogP) is 4.37. The highest BCUT2D eigenvalue weighted by Crippen LogP contribution is 2.26. The van der Waals surface area contributed by atoms with Gasteiger partial charge in [0.05, 0.1) is 23.4 Å². The number of hydrogen-bond acceptors (Lipinski definition) is 4. The van der Waals surface area contributed by atoms with Gasteiger partial charge in [0.2, 0.25) is 0 Å². The van der Waals surface area contributed by atoms with Crippen molar-refractivity contribution in [3.05, 3.63) is 83.4 Å². The smallest absolute Gasteiger partial charge is 0.261 e. The van der Waals surface area contributed by atoms with Crippen LogP contribution in [0, 0.1) is 13.8 Å². The minimum absolute atomic E-state index is 0.00427. The van der Waals surface area contributed by atoms with E-state index in [0.717, 1.165) is 11.1 Å². The lowest BCUT2D eigenvalue weighted by molar-refractivity contribution is 0.102. The van der Waals surface area contributed by atoms with Gasteiger partial charge in [-0.05, 0) is 61.4 Å². The molecule has 0 fully saturated rings. The first kappa shape index (κ1) is 20.4. The van der Waals surface area contributed by atoms with Crippen molar-refractivity contribution in [1.29, 1.82) is 0 Å². The van der Waals surface area contributed by atoms with E-state index in [-0.39, 0.29) is 10.5 Å². The van der Waals surface area contributed by atoms with Crippen molar-refractivity contribution in [2.45, 2.75) is 18.7 Å². The van der Waals surface area contributed by atoms with E-state index >= 15 is 0 Å². The number of rotatable bonds is 6. The number of hydrogen-bond donors (Lipinski definition) is 2. The highest BCUT2D eigenvalue weighted by Gasteiger charge is 2.18. The fourth-order valence-corrected chi connectivity index (χ4v) is 3.99. The lowest BCUT2D eigenvalue weighted by Gasteiger charge is -2.13. The summed E-state index contributed by atoms with van der Waals surface area (Å²) in [4.78, 5) is 12.7. The topological polar surface area (TPSA) is 84.5 Å². The third kappa shape index (κ3) is 4.75. The molecule has 0 atom stereocenters. The summed E-state index contributed by atoms with van der Waals surface area (Å²) >= 11 is 0. The Morgan fingerprint density at radius 3 is 2.38 bits per heavy atom. The summed E-state index contributed by atoms with van der Waals surface area (Å²) in [6.07, 6.45) is 0. The van der Waals surface area contributed by atoms with Gasteiger partial charge in [0.15, 0.2) is 0 Å². The minimum atomic E-state index is -3.84. The molecule has 0 unspecified atom stereocenters. The molecular formula is C22H22N2O4S. The highest BCUT2D eigenvalue weighted by atomic mass is 32.2. The molecule has 0 aliphatic heterocycles. The molecule has 3 rings (SSSR count). The van der Waals surface area contributed by atoms with Gasteiger partial charge in [0.1, 0.15) is 5.75 Å². The summed E-state index contributed by atoms with van der Waals surface area (Å²) in [5, 5.41) is 2.78. The molecule has 0 aliphatic carbocycles. The molecule has 3 aromatic rings. The average molecular weight is 410 g/mol. The summed E-state index contributed by atoms with van der Waals surface area (Å²) in [5.74, 6) is 0.0933. The standard InChI is InChI=1S/C22H22N2O4S/c1-15-11-12-21(28-3)20(13-15)23-22(25)17-8-6-9-18(14-17)29(26,27)24-19-10-5-4-7-16(19)2/h4-14,24H,1-3H3,(H,23,25). The number of amides is 1. The van der Waals surface area contributed by atoms with E-state index in [1.54, 1.807) is 30.3 Å². The van der Waals surface area contributed by atoms with Crippen LogP contribution in [-0.2, 0) is 10.0 Å². The second-order valence-electron chi connectivity index (χ2n) is 6.61. The van der Waals surface area contributed by atoms with Gasteiger partial charge >= 0.3 is 0 Å². The van der Waals surface area contributed by atoms with Crippen LogP contribution in [-0.4, -0.2) is 21.4 Å². The average Bonchev–Trinajstić information content (AvgIpc) is 2.70. The molecule has 0 bridgehead atoms. The minimum Gasteiger partial charge on any atom is -0.495 e. The second kappa shape index (κ2) is 8.36. The zero-order valence-electron chi connectivity index (χ0n) is 16.4. The maximum atomic E-state index is 12.8. The van der Waals surface area contributed by atoms with Crippen LogP contribution >= 0.6 is 0 Å². The Labute approximate surface area is 170 Å². The Balaban J connectivity index is 1.86. The highest BCUT2D eigenvalue weighted by molar-refractivity contribution is 7.92. The van der Waals surface area contributed by atoms with E-state index in [2.05, 4.69) is 10.0 Å². The molecule has 1 amide bonds. The molecule has 0 saturated heterocycles. The molecule has 7 heteroatoms. The Morgan fingerprint density at radius 1 is 0.897 bits per heavy atom. The third-order valence-electron chi connectivity index (χ3n) is 4.40. The van der Waals surface area contributed by atoms with E-state index in [1.165, 1.54) is 25.3 Å². The molecule has 2 N–H and O–H groups in total. The maximum Gasteiger partial charge on any atom is 0.261 e. The molecule has 0 heterocycles. The summed E-state index contributed by atoms with van der Waals surface area (Å²) in [5.41, 5.74) is 2.99. The van der Waals surface area contributed by atoms with Crippen molar-refractivity contribution in [3.8, 4) is 5.75 Å². The van der Waals surface area contributed by atoms with Gasteiger partial charge in [-0.15, -0.1) is 0 Å². The summed E-state index contributed by atoms with van der Waals surface area (Å²) in [6, 6.07) is 18.4. The van der Waals surface area contributed by atoms with Gasteiger partial charge in [-0.25, -0.2) is 8.42 Å². The van der Waals surface area contributed by atoms with E-state index in [1.807, 2.05) is 32.0 Å². The molecule has 0 radical (unpaired) electrons. The van der Waals surface area contributed by atoms with Gasteiger partial charge in [-0.3, -0.25) is 9.52 Å². The van der Waals surface area contributed by atoms with E-state index in [0.29, 0.717) is 17.1 Å². The van der Waals surface area contributed by atoms with Crippen molar-refractivity contribution in [2.75, 3.05) is 17.1 Å². The van der Waals surface area contributed by atoms with Crippen molar-refractivity contribution < 1.29 is 17.9 Å². The van der Waals surface area contributed by atoms with Crippen molar-refractivity contribution >= 4 is 27.3 Å². The van der Waals surface area contributed by atoms with E-state index < -0.39 is 15.9 Å². The fourth-order valence-electron chi connectivity index (χ4n) is 2.81. The molecule has 0 aromatic heterocycles. The summed E-state index contributed by atoms with van der Waals surface area (Å²) in [6.45, 7) is 3.72. The maximum absolute atomic E-state index is 12.8. The van der Waals surface area contributed by atoms with Crippen molar-refractivity contribution in [2.24, 2.45) is 0 Å². The Hall–Kier alpha value is -3.32. The number of carbonyl (C=O) groups is 1. The molecule has 0 spiro atoms. The van der Waals surface area contributed by atoms with Gasteiger partial charge < -0.3 is 10.1 Å². The number of ether oxygens (including phenoxy) is 1. The Bertz CT molecular complexity index is 1160. The van der Waals surface area contributed by atoms with Crippen LogP contribution in [0.1, 0.15) is 21.5 Å². The molecule has 3 aromatic carbocycles. The van der Waals surface area contributed by atoms with Crippen LogP contribution in [0.15, 0.2) is 71.6 Å². The molecule has 150 valence electrons. The van der Waals surface area contributed by atoms with Crippen LogP contribution in [0.5, 0.6) is 5.75 Å². The van der Waals surface area contributed by atoms with Crippen LogP contribution in [0.25, 0.3) is 0 Å². The molecule has 0 saturated carbocycles. The lowest BCUT2D eigenvalue weighted by Crippen LogP contribution is -2.16. The first-order valence-electron chi connectivity index (χ1n) is 8.94. The van der Waals surface area contributed by atoms with Gasteiger partial charge in [-0.2, -0.15) is 0 Å². The van der Waals surface area contributed by atoms with Crippen LogP contribution in [0.4, 0.5) is 11.4 Å². The van der Waals surface area contributed by atoms with E-state index in [4.69, 9.17) is 4.74 Å². The largest absolute Gasteiger partial charge is 0.495 e. The van der Waals surface area contributed by atoms with Crippen LogP contribution in [0.2, 0.25) is 0 Å². The molecular weight excluding hydrogens is 388 g/mol. The van der Waals surface area contributed by atoms with E-state index in [9.17, 15) is 13.2 Å². The number of anilines is 2. The Kier molecular flexibility index (Phi) is 5.89. The summed E-state index contributed by atoms with van der Waals surface area (Å²) < 4.78 is 33.4. The number of aryl methyl sites for hydroxylation is 2. The van der Waals surface area contributed by atoms with Crippen LogP contribution < -0.4 is 14.8 Å². The molecule has 6 nitrogen and oxygen atoms in total. The normalized spacial score (nSPS) is 11.0. The third-order valence-corrected chi connectivity index (χ3v) is 5.76. The fraction of sp³-hybridized carbons (Fsp3) is 0.136. The number of methoxy groups -OCH3 is 1. The number of nitrogens with one attached hydrogen (secondary N) is 2. The SMILES string of the molecule is COc1ccc(C)cc1NC(=O)c1cccc(S(=O)(=O)Nc2ccccc2C)c1. The molecule has 0 aliphatic rings. The van der Waals surface area contributed by atoms with Crippen LogP contribution in [0.3, 0.4) is 0 Å². The van der Waals surface area contributed by atoms with Gasteiger partial charge in [0, 0.05) is 5.56 Å². The predicted molar refractivity (Wildman–Crippen MR) is 114 cm³/mol. The van der Waals surface area contributed by atoms with Crippen molar-refractivity contribution in [3.63, 3.8) is 0 Å². The number of carbonyl (C=O) groups excluding carboxylic acids is 1. The lowest BCUT2D eigenvalue weighted by atomic mass is 10.1. The summed E-state index contributed by atoms with van der Waals surface area (Å²) in [7, 11) is -2.32. The zero-order chi connectivity index (χ0) is 21.0. The number of benzene rings is 3. The second-order valence-corrected chi connectivity index (χ2v) is 8.29. The quantitative estimate of drug-likeness (QED) is 0.632. The first-order valence-corrected chi connectivity index (χ1v) is 10.4. The number of sulfonamides is 1. The van der Waals surface area contributed by atoms with Gasteiger partial charge in [-0.1, -0.05) is 30.3 Å². The van der Waals surface area contributed by atoms with Crippen molar-refractivity contribution in [1.82, 2.24) is 0 Å². The number of para-hydroxylation sites is 1. The Morgan fingerprint density at radius 2 is 1.66 bits per heavy atom. The zero-order valence-corrected chi connectivity index (χ0v) is 17.2. The van der Waals surface area contributed by atoms with Gasteiger partial charge in [0.25, 0.3) is 15.9 Å². The first-order chi connectivity index (χ1) is 13.8. The molecule has 29 heavy (non-hydrogen) atoms.